The second kappa shape index (κ2) is 5.05. The summed E-state index contributed by atoms with van der Waals surface area (Å²) in [7, 11) is 0. The maximum Gasteiger partial charge on any atom is 0.0140 e. The summed E-state index contributed by atoms with van der Waals surface area (Å²) in [6.07, 6.45) is 4.61. The second-order valence-electron chi connectivity index (χ2n) is 6.12. The molecule has 1 heteroatoms. The van der Waals surface area contributed by atoms with E-state index in [0.29, 0.717) is 5.41 Å². The fourth-order valence-electron chi connectivity index (χ4n) is 2.33. The van der Waals surface area contributed by atoms with Gasteiger partial charge in [0.2, 0.25) is 0 Å². The first kappa shape index (κ1) is 12.4. The number of hydrogen-bond donors (Lipinski definition) is 1. The van der Waals surface area contributed by atoms with E-state index in [1.165, 1.54) is 16.7 Å². The van der Waals surface area contributed by atoms with E-state index in [4.69, 9.17) is 0 Å². The summed E-state index contributed by atoms with van der Waals surface area (Å²) in [5, 5.41) is 3.35. The van der Waals surface area contributed by atoms with Crippen LogP contribution in [-0.4, -0.2) is 13.1 Å². The standard InChI is InChI=1S/C16H23N/c1-16(2,3)12-13-4-6-14(7-5-13)15-8-10-17-11-9-15/h4-8,17H,9-12H2,1-3H3. The Balaban J connectivity index is 2.10. The first-order valence-electron chi connectivity index (χ1n) is 6.54. The van der Waals surface area contributed by atoms with Crippen LogP contribution in [0.15, 0.2) is 30.3 Å². The van der Waals surface area contributed by atoms with Gasteiger partial charge in [-0.15, -0.1) is 0 Å². The summed E-state index contributed by atoms with van der Waals surface area (Å²) in [6.45, 7) is 8.98. The molecule has 0 spiro atoms. The summed E-state index contributed by atoms with van der Waals surface area (Å²) < 4.78 is 0. The van der Waals surface area contributed by atoms with Crippen LogP contribution in [0.3, 0.4) is 0 Å². The highest BCUT2D eigenvalue weighted by atomic mass is 14.8. The largest absolute Gasteiger partial charge is 0.313 e. The van der Waals surface area contributed by atoms with Crippen LogP contribution in [0.4, 0.5) is 0 Å². The molecule has 92 valence electrons. The number of nitrogens with one attached hydrogen (secondary N) is 1. The van der Waals surface area contributed by atoms with Gasteiger partial charge in [0, 0.05) is 6.54 Å². The highest BCUT2D eigenvalue weighted by molar-refractivity contribution is 5.66. The molecule has 2 rings (SSSR count). The molecule has 1 aromatic carbocycles. The molecule has 17 heavy (non-hydrogen) atoms. The third-order valence-corrected chi connectivity index (χ3v) is 3.12. The lowest BCUT2D eigenvalue weighted by molar-refractivity contribution is 0.411. The van der Waals surface area contributed by atoms with Crippen molar-refractivity contribution in [1.29, 1.82) is 0 Å². The Morgan fingerprint density at radius 1 is 1.12 bits per heavy atom. The fourth-order valence-corrected chi connectivity index (χ4v) is 2.33. The molecule has 1 N–H and O–H groups in total. The molecular formula is C16H23N. The number of benzene rings is 1. The minimum absolute atomic E-state index is 0.371. The zero-order chi connectivity index (χ0) is 12.3. The molecule has 1 nitrogen and oxygen atoms in total. The topological polar surface area (TPSA) is 12.0 Å². The van der Waals surface area contributed by atoms with Crippen LogP contribution in [0.1, 0.15) is 38.3 Å². The molecule has 0 amide bonds. The lowest BCUT2D eigenvalue weighted by Crippen LogP contribution is -2.20. The van der Waals surface area contributed by atoms with Crippen molar-refractivity contribution >= 4 is 5.57 Å². The molecule has 0 aromatic heterocycles. The third kappa shape index (κ3) is 3.71. The summed E-state index contributed by atoms with van der Waals surface area (Å²) in [5.41, 5.74) is 4.70. The molecule has 1 aliphatic heterocycles. The highest BCUT2D eigenvalue weighted by Crippen LogP contribution is 2.24. The summed E-state index contributed by atoms with van der Waals surface area (Å²) in [4.78, 5) is 0. The summed E-state index contributed by atoms with van der Waals surface area (Å²) in [5.74, 6) is 0. The Morgan fingerprint density at radius 2 is 1.82 bits per heavy atom. The molecular weight excluding hydrogens is 206 g/mol. The number of hydrogen-bond acceptors (Lipinski definition) is 1. The zero-order valence-electron chi connectivity index (χ0n) is 11.2. The van der Waals surface area contributed by atoms with Crippen molar-refractivity contribution in [3.8, 4) is 0 Å². The van der Waals surface area contributed by atoms with Gasteiger partial charge in [0.25, 0.3) is 0 Å². The maximum atomic E-state index is 3.35. The third-order valence-electron chi connectivity index (χ3n) is 3.12. The van der Waals surface area contributed by atoms with Gasteiger partial charge < -0.3 is 5.32 Å². The van der Waals surface area contributed by atoms with Gasteiger partial charge in [0.1, 0.15) is 0 Å². The minimum Gasteiger partial charge on any atom is -0.313 e. The Bertz CT molecular complexity index is 393. The molecule has 0 unspecified atom stereocenters. The molecule has 1 heterocycles. The molecule has 0 aliphatic carbocycles. The maximum absolute atomic E-state index is 3.35. The van der Waals surface area contributed by atoms with Crippen molar-refractivity contribution in [3.05, 3.63) is 41.5 Å². The van der Waals surface area contributed by atoms with E-state index >= 15 is 0 Å². The van der Waals surface area contributed by atoms with E-state index in [9.17, 15) is 0 Å². The van der Waals surface area contributed by atoms with Gasteiger partial charge in [-0.2, -0.15) is 0 Å². The Labute approximate surface area is 105 Å². The van der Waals surface area contributed by atoms with Gasteiger partial charge in [-0.25, -0.2) is 0 Å². The predicted molar refractivity (Wildman–Crippen MR) is 75.1 cm³/mol. The molecule has 1 aliphatic rings. The van der Waals surface area contributed by atoms with Crippen molar-refractivity contribution < 1.29 is 0 Å². The van der Waals surface area contributed by atoms with Gasteiger partial charge in [-0.3, -0.25) is 0 Å². The van der Waals surface area contributed by atoms with E-state index < -0.39 is 0 Å². The smallest absolute Gasteiger partial charge is 0.0140 e. The quantitative estimate of drug-likeness (QED) is 0.816. The monoisotopic (exact) mass is 229 g/mol. The van der Waals surface area contributed by atoms with Crippen molar-refractivity contribution in [1.82, 2.24) is 5.32 Å². The van der Waals surface area contributed by atoms with Crippen molar-refractivity contribution in [2.45, 2.75) is 33.6 Å². The molecule has 0 radical (unpaired) electrons. The number of rotatable bonds is 2. The normalized spacial score (nSPS) is 16.8. The van der Waals surface area contributed by atoms with Gasteiger partial charge in [-0.05, 0) is 41.5 Å². The van der Waals surface area contributed by atoms with Gasteiger partial charge in [-0.1, -0.05) is 51.1 Å². The molecule has 0 fully saturated rings. The van der Waals surface area contributed by atoms with Crippen LogP contribution < -0.4 is 5.32 Å². The van der Waals surface area contributed by atoms with E-state index in [1.54, 1.807) is 0 Å². The Hall–Kier alpha value is -1.08. The van der Waals surface area contributed by atoms with Crippen LogP contribution in [-0.2, 0) is 6.42 Å². The van der Waals surface area contributed by atoms with Crippen LogP contribution in [0.25, 0.3) is 5.57 Å². The molecule has 1 aromatic rings. The molecule has 0 bridgehead atoms. The predicted octanol–water partition coefficient (Wildman–Crippen LogP) is 3.65. The van der Waals surface area contributed by atoms with E-state index in [0.717, 1.165) is 25.9 Å². The average molecular weight is 229 g/mol. The van der Waals surface area contributed by atoms with E-state index in [-0.39, 0.29) is 0 Å². The lowest BCUT2D eigenvalue weighted by Gasteiger charge is -2.19. The van der Waals surface area contributed by atoms with Crippen molar-refractivity contribution in [3.63, 3.8) is 0 Å². The molecule has 0 saturated heterocycles. The molecule has 0 atom stereocenters. The first-order valence-corrected chi connectivity index (χ1v) is 6.54. The zero-order valence-corrected chi connectivity index (χ0v) is 11.2. The van der Waals surface area contributed by atoms with Crippen LogP contribution in [0.2, 0.25) is 0 Å². The summed E-state index contributed by atoms with van der Waals surface area (Å²) in [6, 6.07) is 9.11. The first-order chi connectivity index (χ1) is 8.04. The van der Waals surface area contributed by atoms with Crippen LogP contribution in [0, 0.1) is 5.41 Å². The lowest BCUT2D eigenvalue weighted by atomic mass is 9.87. The fraction of sp³-hybridized carbons (Fsp3) is 0.500. The highest BCUT2D eigenvalue weighted by Gasteiger charge is 2.11. The summed E-state index contributed by atoms with van der Waals surface area (Å²) >= 11 is 0. The van der Waals surface area contributed by atoms with Gasteiger partial charge in [0.15, 0.2) is 0 Å². The van der Waals surface area contributed by atoms with Crippen molar-refractivity contribution in [2.24, 2.45) is 5.41 Å². The SMILES string of the molecule is CC(C)(C)Cc1ccc(C2=CCNCC2)cc1. The Kier molecular flexibility index (Phi) is 3.68. The van der Waals surface area contributed by atoms with E-state index in [2.05, 4.69) is 56.4 Å². The van der Waals surface area contributed by atoms with Crippen molar-refractivity contribution in [2.75, 3.05) is 13.1 Å². The molecule has 0 saturated carbocycles. The van der Waals surface area contributed by atoms with E-state index in [1.807, 2.05) is 0 Å². The van der Waals surface area contributed by atoms with Crippen LogP contribution in [0.5, 0.6) is 0 Å². The Morgan fingerprint density at radius 3 is 2.35 bits per heavy atom. The van der Waals surface area contributed by atoms with Crippen LogP contribution >= 0.6 is 0 Å². The average Bonchev–Trinajstić information content (AvgIpc) is 2.29. The minimum atomic E-state index is 0.371. The van der Waals surface area contributed by atoms with Gasteiger partial charge >= 0.3 is 0 Å². The van der Waals surface area contributed by atoms with Gasteiger partial charge in [0.05, 0.1) is 0 Å². The second-order valence-corrected chi connectivity index (χ2v) is 6.12.